The molecule has 0 atom stereocenters. The Balaban J connectivity index is 1.66. The standard InChI is InChI=1S/C19H22N4O2/c1-15-8-4-5-9-17(15)25-13-12-21(2)19(24)16-14-20-22(3)18(16)23-10-6-7-11-23/h4-11,14H,12-13H2,1-3H3. The van der Waals surface area contributed by atoms with E-state index in [0.717, 1.165) is 17.1 Å². The molecule has 1 aromatic carbocycles. The lowest BCUT2D eigenvalue weighted by molar-refractivity contribution is 0.0773. The van der Waals surface area contributed by atoms with Crippen LogP contribution in [0.1, 0.15) is 15.9 Å². The van der Waals surface area contributed by atoms with E-state index in [9.17, 15) is 4.79 Å². The van der Waals surface area contributed by atoms with Gasteiger partial charge in [-0.1, -0.05) is 18.2 Å². The predicted molar refractivity (Wildman–Crippen MR) is 96.2 cm³/mol. The fourth-order valence-corrected chi connectivity index (χ4v) is 2.68. The van der Waals surface area contributed by atoms with Crippen LogP contribution in [0.15, 0.2) is 55.0 Å². The van der Waals surface area contributed by atoms with Crippen LogP contribution < -0.4 is 4.74 Å². The van der Waals surface area contributed by atoms with Crippen molar-refractivity contribution >= 4 is 5.91 Å². The van der Waals surface area contributed by atoms with Gasteiger partial charge in [-0.25, -0.2) is 0 Å². The Morgan fingerprint density at radius 3 is 2.64 bits per heavy atom. The van der Waals surface area contributed by atoms with E-state index in [4.69, 9.17) is 4.74 Å². The molecule has 0 bridgehead atoms. The van der Waals surface area contributed by atoms with E-state index in [1.165, 1.54) is 0 Å². The third-order valence-electron chi connectivity index (χ3n) is 4.11. The lowest BCUT2D eigenvalue weighted by atomic mass is 10.2. The zero-order valence-corrected chi connectivity index (χ0v) is 14.7. The van der Waals surface area contributed by atoms with E-state index in [-0.39, 0.29) is 5.91 Å². The average Bonchev–Trinajstić information content (AvgIpc) is 3.25. The third-order valence-corrected chi connectivity index (χ3v) is 4.11. The molecule has 130 valence electrons. The topological polar surface area (TPSA) is 52.3 Å². The van der Waals surface area contributed by atoms with Gasteiger partial charge in [-0.05, 0) is 30.7 Å². The Labute approximate surface area is 147 Å². The molecule has 6 heteroatoms. The van der Waals surface area contributed by atoms with Gasteiger partial charge in [-0.3, -0.25) is 9.48 Å². The van der Waals surface area contributed by atoms with Gasteiger partial charge in [0.05, 0.1) is 12.7 Å². The molecule has 3 aromatic rings. The van der Waals surface area contributed by atoms with Gasteiger partial charge in [0, 0.05) is 26.5 Å². The number of nitrogens with zero attached hydrogens (tertiary/aromatic N) is 4. The van der Waals surface area contributed by atoms with Crippen LogP contribution in [0.4, 0.5) is 0 Å². The number of ether oxygens (including phenoxy) is 1. The monoisotopic (exact) mass is 338 g/mol. The number of hydrogen-bond donors (Lipinski definition) is 0. The molecule has 0 spiro atoms. The molecule has 0 saturated heterocycles. The number of amides is 1. The van der Waals surface area contributed by atoms with Crippen molar-refractivity contribution in [3.8, 4) is 11.6 Å². The van der Waals surface area contributed by atoms with Crippen LogP contribution in [0.25, 0.3) is 5.82 Å². The number of benzene rings is 1. The van der Waals surface area contributed by atoms with E-state index < -0.39 is 0 Å². The van der Waals surface area contributed by atoms with Gasteiger partial charge in [0.15, 0.2) is 0 Å². The van der Waals surface area contributed by atoms with Crippen molar-refractivity contribution in [2.75, 3.05) is 20.2 Å². The first-order valence-electron chi connectivity index (χ1n) is 8.17. The molecule has 0 aliphatic carbocycles. The summed E-state index contributed by atoms with van der Waals surface area (Å²) in [5, 5.41) is 4.23. The summed E-state index contributed by atoms with van der Waals surface area (Å²) in [4.78, 5) is 14.4. The van der Waals surface area contributed by atoms with Gasteiger partial charge < -0.3 is 14.2 Å². The van der Waals surface area contributed by atoms with Crippen LogP contribution in [0.5, 0.6) is 5.75 Å². The summed E-state index contributed by atoms with van der Waals surface area (Å²) in [5.41, 5.74) is 1.65. The van der Waals surface area contributed by atoms with Crippen LogP contribution in [-0.4, -0.2) is 45.4 Å². The fourth-order valence-electron chi connectivity index (χ4n) is 2.68. The van der Waals surface area contributed by atoms with Crippen molar-refractivity contribution in [1.29, 1.82) is 0 Å². The number of aryl methyl sites for hydroxylation is 2. The zero-order chi connectivity index (χ0) is 17.8. The maximum Gasteiger partial charge on any atom is 0.259 e. The number of carbonyl (C=O) groups excluding carboxylic acids is 1. The number of para-hydroxylation sites is 1. The Morgan fingerprint density at radius 2 is 1.92 bits per heavy atom. The van der Waals surface area contributed by atoms with Crippen molar-refractivity contribution in [3.05, 3.63) is 66.1 Å². The Kier molecular flexibility index (Phi) is 4.88. The first-order chi connectivity index (χ1) is 12.1. The molecule has 0 saturated carbocycles. The summed E-state index contributed by atoms with van der Waals surface area (Å²) in [6.07, 6.45) is 5.40. The van der Waals surface area contributed by atoms with Crippen molar-refractivity contribution in [3.63, 3.8) is 0 Å². The quantitative estimate of drug-likeness (QED) is 0.694. The van der Waals surface area contributed by atoms with Gasteiger partial charge >= 0.3 is 0 Å². The first-order valence-corrected chi connectivity index (χ1v) is 8.17. The van der Waals surface area contributed by atoms with Crippen LogP contribution in [0, 0.1) is 6.92 Å². The normalized spacial score (nSPS) is 10.7. The predicted octanol–water partition coefficient (Wildman–Crippen LogP) is 2.67. The number of hydrogen-bond acceptors (Lipinski definition) is 3. The average molecular weight is 338 g/mol. The van der Waals surface area contributed by atoms with E-state index in [1.807, 2.05) is 67.3 Å². The molecular weight excluding hydrogens is 316 g/mol. The zero-order valence-electron chi connectivity index (χ0n) is 14.7. The second-order valence-electron chi connectivity index (χ2n) is 5.94. The van der Waals surface area contributed by atoms with Crippen LogP contribution in [0.3, 0.4) is 0 Å². The number of carbonyl (C=O) groups is 1. The molecule has 1 amide bonds. The van der Waals surface area contributed by atoms with Crippen LogP contribution in [-0.2, 0) is 7.05 Å². The Morgan fingerprint density at radius 1 is 1.20 bits per heavy atom. The fraction of sp³-hybridized carbons (Fsp3) is 0.263. The molecule has 0 aliphatic heterocycles. The van der Waals surface area contributed by atoms with Gasteiger partial charge in [-0.15, -0.1) is 0 Å². The minimum absolute atomic E-state index is 0.0785. The molecule has 6 nitrogen and oxygen atoms in total. The third kappa shape index (κ3) is 3.57. The molecule has 2 heterocycles. The highest BCUT2D eigenvalue weighted by molar-refractivity contribution is 5.96. The van der Waals surface area contributed by atoms with Crippen molar-refractivity contribution < 1.29 is 9.53 Å². The SMILES string of the molecule is Cc1ccccc1OCCN(C)C(=O)c1cnn(C)c1-n1cccc1. The van der Waals surface area contributed by atoms with Crippen LogP contribution in [0.2, 0.25) is 0 Å². The minimum atomic E-state index is -0.0785. The molecule has 0 aliphatic rings. The van der Waals surface area contributed by atoms with Crippen LogP contribution >= 0.6 is 0 Å². The highest BCUT2D eigenvalue weighted by Crippen LogP contribution is 2.17. The van der Waals surface area contributed by atoms with E-state index >= 15 is 0 Å². The van der Waals surface area contributed by atoms with Crippen molar-refractivity contribution in [2.45, 2.75) is 6.92 Å². The molecule has 0 N–H and O–H groups in total. The van der Waals surface area contributed by atoms with Gasteiger partial charge in [0.1, 0.15) is 23.7 Å². The smallest absolute Gasteiger partial charge is 0.259 e. The summed E-state index contributed by atoms with van der Waals surface area (Å²) in [6, 6.07) is 11.7. The molecule has 0 fully saturated rings. The summed E-state index contributed by atoms with van der Waals surface area (Å²) < 4.78 is 9.37. The van der Waals surface area contributed by atoms with Gasteiger partial charge in [0.25, 0.3) is 5.91 Å². The van der Waals surface area contributed by atoms with Gasteiger partial charge in [-0.2, -0.15) is 5.10 Å². The molecular formula is C19H22N4O2. The van der Waals surface area contributed by atoms with E-state index in [1.54, 1.807) is 22.8 Å². The lowest BCUT2D eigenvalue weighted by Gasteiger charge is -2.18. The number of likely N-dealkylation sites (N-methyl/N-ethyl adjacent to an activating group) is 1. The molecule has 0 unspecified atom stereocenters. The Bertz CT molecular complexity index is 852. The van der Waals surface area contributed by atoms with Crippen molar-refractivity contribution in [1.82, 2.24) is 19.2 Å². The summed E-state index contributed by atoms with van der Waals surface area (Å²) in [6.45, 7) is 2.93. The first kappa shape index (κ1) is 16.8. The largest absolute Gasteiger partial charge is 0.491 e. The van der Waals surface area contributed by atoms with Crippen molar-refractivity contribution in [2.24, 2.45) is 7.05 Å². The molecule has 25 heavy (non-hydrogen) atoms. The lowest BCUT2D eigenvalue weighted by Crippen LogP contribution is -2.31. The van der Waals surface area contributed by atoms with E-state index in [0.29, 0.717) is 18.7 Å². The molecule has 2 aromatic heterocycles. The molecule has 0 radical (unpaired) electrons. The maximum atomic E-state index is 12.8. The van der Waals surface area contributed by atoms with Gasteiger partial charge in [0.2, 0.25) is 0 Å². The second-order valence-corrected chi connectivity index (χ2v) is 5.94. The second kappa shape index (κ2) is 7.25. The summed E-state index contributed by atoms with van der Waals surface area (Å²) in [7, 11) is 3.60. The minimum Gasteiger partial charge on any atom is -0.491 e. The van der Waals surface area contributed by atoms with E-state index in [2.05, 4.69) is 5.10 Å². The highest BCUT2D eigenvalue weighted by atomic mass is 16.5. The summed E-state index contributed by atoms with van der Waals surface area (Å²) >= 11 is 0. The molecule has 3 rings (SSSR count). The Hall–Kier alpha value is -3.02. The number of rotatable bonds is 6. The highest BCUT2D eigenvalue weighted by Gasteiger charge is 2.20. The number of aromatic nitrogens is 3. The summed E-state index contributed by atoms with van der Waals surface area (Å²) in [5.74, 6) is 1.52. The maximum absolute atomic E-state index is 12.8.